The molecule has 1 amide bonds. The number of nitrogens with two attached hydrogens (primary N) is 1. The van der Waals surface area contributed by atoms with Crippen LogP contribution in [-0.4, -0.2) is 58.1 Å². The Labute approximate surface area is 143 Å². The quantitative estimate of drug-likeness (QED) is 0.862. The largest absolute Gasteiger partial charge is 0.340 e. The second kappa shape index (κ2) is 9.29. The van der Waals surface area contributed by atoms with Crippen molar-refractivity contribution < 1.29 is 9.32 Å². The molecule has 1 aromatic heterocycles. The first-order chi connectivity index (χ1) is 9.47. The minimum Gasteiger partial charge on any atom is -0.340 e. The van der Waals surface area contributed by atoms with Crippen molar-refractivity contribution in [3.05, 3.63) is 11.7 Å². The number of amides is 1. The Bertz CT molecular complexity index is 461. The van der Waals surface area contributed by atoms with E-state index in [0.717, 1.165) is 26.2 Å². The topological polar surface area (TPSA) is 88.5 Å². The van der Waals surface area contributed by atoms with Gasteiger partial charge in [0.25, 0.3) is 0 Å². The number of hydrogen-bond acceptors (Lipinski definition) is 6. The molecule has 1 aromatic rings. The minimum absolute atomic E-state index is 0. The van der Waals surface area contributed by atoms with Gasteiger partial charge in [0.15, 0.2) is 5.82 Å². The Balaban J connectivity index is 0.00000220. The molecular weight excluding hydrogens is 329 g/mol. The van der Waals surface area contributed by atoms with E-state index in [0.29, 0.717) is 18.3 Å². The lowest BCUT2D eigenvalue weighted by molar-refractivity contribution is -0.137. The van der Waals surface area contributed by atoms with Crippen molar-refractivity contribution in [3.63, 3.8) is 0 Å². The average molecular weight is 354 g/mol. The van der Waals surface area contributed by atoms with Crippen molar-refractivity contribution in [2.75, 3.05) is 26.2 Å². The molecule has 2 N–H and O–H groups in total. The van der Waals surface area contributed by atoms with Crippen LogP contribution < -0.4 is 5.73 Å². The number of rotatable bonds is 4. The standard InChI is InChI=1S/C13H23N5O2.2ClH/c1-9(10(2)14)13(19)18-6-4-17(5-7-18)8-12-15-11(3)20-16-12;;/h9-10H,4-8,14H2,1-3H3;2*1H. The molecule has 2 atom stereocenters. The first-order valence-electron chi connectivity index (χ1n) is 7.03. The third-order valence-corrected chi connectivity index (χ3v) is 3.80. The third kappa shape index (κ3) is 5.39. The van der Waals surface area contributed by atoms with E-state index >= 15 is 0 Å². The van der Waals surface area contributed by atoms with Crippen LogP contribution in [0.1, 0.15) is 25.6 Å². The Morgan fingerprint density at radius 2 is 1.86 bits per heavy atom. The predicted octanol–water partition coefficient (Wildman–Crippen LogP) is 0.849. The predicted molar refractivity (Wildman–Crippen MR) is 88.2 cm³/mol. The second-order valence-electron chi connectivity index (χ2n) is 5.48. The SMILES string of the molecule is Cc1nc(CN2CCN(C(=O)C(C)C(C)N)CC2)no1.Cl.Cl. The van der Waals surface area contributed by atoms with E-state index in [2.05, 4.69) is 15.0 Å². The molecule has 0 spiro atoms. The maximum absolute atomic E-state index is 12.2. The van der Waals surface area contributed by atoms with Crippen LogP contribution in [0.15, 0.2) is 4.52 Å². The minimum atomic E-state index is -0.124. The lowest BCUT2D eigenvalue weighted by Gasteiger charge is -2.35. The zero-order valence-electron chi connectivity index (χ0n) is 13.2. The molecule has 1 aliphatic rings. The van der Waals surface area contributed by atoms with Gasteiger partial charge < -0.3 is 15.2 Å². The van der Waals surface area contributed by atoms with Crippen molar-refractivity contribution in [1.29, 1.82) is 0 Å². The van der Waals surface area contributed by atoms with E-state index < -0.39 is 0 Å². The zero-order chi connectivity index (χ0) is 14.7. The van der Waals surface area contributed by atoms with E-state index in [9.17, 15) is 4.79 Å². The summed E-state index contributed by atoms with van der Waals surface area (Å²) in [4.78, 5) is 20.5. The number of hydrogen-bond donors (Lipinski definition) is 1. The summed E-state index contributed by atoms with van der Waals surface area (Å²) in [6.07, 6.45) is 0. The highest BCUT2D eigenvalue weighted by Crippen LogP contribution is 2.11. The first-order valence-corrected chi connectivity index (χ1v) is 7.03. The molecule has 9 heteroatoms. The molecule has 7 nitrogen and oxygen atoms in total. The number of nitrogens with zero attached hydrogens (tertiary/aromatic N) is 4. The van der Waals surface area contributed by atoms with Crippen molar-refractivity contribution in [3.8, 4) is 0 Å². The molecule has 0 aromatic carbocycles. The summed E-state index contributed by atoms with van der Waals surface area (Å²) in [5.41, 5.74) is 5.79. The van der Waals surface area contributed by atoms with Crippen molar-refractivity contribution >= 4 is 30.7 Å². The van der Waals surface area contributed by atoms with Gasteiger partial charge in [0, 0.05) is 39.1 Å². The van der Waals surface area contributed by atoms with E-state index in [4.69, 9.17) is 10.3 Å². The Morgan fingerprint density at radius 3 is 2.32 bits per heavy atom. The molecule has 1 saturated heterocycles. The third-order valence-electron chi connectivity index (χ3n) is 3.80. The van der Waals surface area contributed by atoms with E-state index in [1.165, 1.54) is 0 Å². The van der Waals surface area contributed by atoms with Gasteiger partial charge in [0.05, 0.1) is 12.5 Å². The van der Waals surface area contributed by atoms with Gasteiger partial charge in [-0.3, -0.25) is 9.69 Å². The molecule has 1 aliphatic heterocycles. The molecule has 2 unspecified atom stereocenters. The number of carbonyl (C=O) groups is 1. The highest BCUT2D eigenvalue weighted by atomic mass is 35.5. The molecule has 22 heavy (non-hydrogen) atoms. The fourth-order valence-corrected chi connectivity index (χ4v) is 2.24. The van der Waals surface area contributed by atoms with Gasteiger partial charge in [-0.2, -0.15) is 4.98 Å². The number of piperazine rings is 1. The summed E-state index contributed by atoms with van der Waals surface area (Å²) in [7, 11) is 0. The molecule has 0 bridgehead atoms. The Hall–Kier alpha value is -0.890. The van der Waals surface area contributed by atoms with Crippen molar-refractivity contribution in [1.82, 2.24) is 19.9 Å². The second-order valence-corrected chi connectivity index (χ2v) is 5.48. The van der Waals surface area contributed by atoms with Gasteiger partial charge >= 0.3 is 0 Å². The maximum Gasteiger partial charge on any atom is 0.227 e. The number of carbonyl (C=O) groups excluding carboxylic acids is 1. The Morgan fingerprint density at radius 1 is 1.27 bits per heavy atom. The number of aromatic nitrogens is 2. The molecule has 0 aliphatic carbocycles. The van der Waals surface area contributed by atoms with E-state index in [-0.39, 0.29) is 42.7 Å². The summed E-state index contributed by atoms with van der Waals surface area (Å²) >= 11 is 0. The van der Waals surface area contributed by atoms with Crippen LogP contribution in [0.4, 0.5) is 0 Å². The smallest absolute Gasteiger partial charge is 0.227 e. The van der Waals surface area contributed by atoms with Crippen LogP contribution in [0.2, 0.25) is 0 Å². The summed E-state index contributed by atoms with van der Waals surface area (Å²) in [6, 6.07) is -0.108. The molecule has 128 valence electrons. The highest BCUT2D eigenvalue weighted by Gasteiger charge is 2.27. The molecule has 2 heterocycles. The van der Waals surface area contributed by atoms with E-state index in [1.807, 2.05) is 18.7 Å². The van der Waals surface area contributed by atoms with Crippen LogP contribution in [0.5, 0.6) is 0 Å². The molecule has 0 saturated carbocycles. The van der Waals surface area contributed by atoms with Gasteiger partial charge in [0.2, 0.25) is 11.8 Å². The highest BCUT2D eigenvalue weighted by molar-refractivity contribution is 5.85. The Kier molecular flexibility index (Phi) is 8.92. The van der Waals surface area contributed by atoms with Crippen LogP contribution in [0.25, 0.3) is 0 Å². The lowest BCUT2D eigenvalue weighted by atomic mass is 10.0. The van der Waals surface area contributed by atoms with Gasteiger partial charge in [0.1, 0.15) is 0 Å². The molecular formula is C13H25Cl2N5O2. The molecule has 1 fully saturated rings. The van der Waals surface area contributed by atoms with Crippen molar-refractivity contribution in [2.24, 2.45) is 11.7 Å². The summed E-state index contributed by atoms with van der Waals surface area (Å²) < 4.78 is 4.96. The van der Waals surface area contributed by atoms with Crippen LogP contribution in [0, 0.1) is 12.8 Å². The number of aryl methyl sites for hydroxylation is 1. The summed E-state index contributed by atoms with van der Waals surface area (Å²) in [5.74, 6) is 1.31. The average Bonchev–Trinajstić information content (AvgIpc) is 2.83. The van der Waals surface area contributed by atoms with Crippen LogP contribution in [-0.2, 0) is 11.3 Å². The van der Waals surface area contributed by atoms with Crippen LogP contribution in [0.3, 0.4) is 0 Å². The number of halogens is 2. The van der Waals surface area contributed by atoms with E-state index in [1.54, 1.807) is 6.92 Å². The van der Waals surface area contributed by atoms with Crippen molar-refractivity contribution in [2.45, 2.75) is 33.4 Å². The maximum atomic E-state index is 12.2. The summed E-state index contributed by atoms with van der Waals surface area (Å²) in [6.45, 7) is 9.32. The fourth-order valence-electron chi connectivity index (χ4n) is 2.24. The normalized spacial score (nSPS) is 18.1. The van der Waals surface area contributed by atoms with Gasteiger partial charge in [-0.05, 0) is 6.92 Å². The lowest BCUT2D eigenvalue weighted by Crippen LogP contribution is -2.51. The first kappa shape index (κ1) is 21.1. The van der Waals surface area contributed by atoms with Gasteiger partial charge in [-0.15, -0.1) is 24.8 Å². The zero-order valence-corrected chi connectivity index (χ0v) is 14.8. The van der Waals surface area contributed by atoms with Gasteiger partial charge in [-0.25, -0.2) is 0 Å². The van der Waals surface area contributed by atoms with Gasteiger partial charge in [-0.1, -0.05) is 12.1 Å². The van der Waals surface area contributed by atoms with Crippen LogP contribution >= 0.6 is 24.8 Å². The molecule has 0 radical (unpaired) electrons. The summed E-state index contributed by atoms with van der Waals surface area (Å²) in [5, 5.41) is 3.89. The fraction of sp³-hybridized carbons (Fsp3) is 0.769. The molecule has 2 rings (SSSR count). The monoisotopic (exact) mass is 353 g/mol.